The molecule has 75 valence electrons. The number of ether oxygens (including phenoxy) is 1. The molecule has 3 heteroatoms. The molecule has 1 radical (unpaired) electrons. The number of para-hydroxylation sites is 1. The molecule has 0 saturated carbocycles. The molecule has 2 rings (SSSR count). The summed E-state index contributed by atoms with van der Waals surface area (Å²) in [6, 6.07) is 9.70. The number of benzene rings is 1. The second-order valence-electron chi connectivity index (χ2n) is 2.99. The molecule has 2 aromatic rings. The zero-order valence-corrected chi connectivity index (χ0v) is 8.47. The summed E-state index contributed by atoms with van der Waals surface area (Å²) in [5, 5.41) is 7.43. The molecule has 1 heterocycles. The highest BCUT2D eigenvalue weighted by Crippen LogP contribution is 2.28. The van der Waals surface area contributed by atoms with E-state index in [1.54, 1.807) is 6.20 Å². The van der Waals surface area contributed by atoms with Crippen LogP contribution in [0.5, 0.6) is 5.75 Å². The Morgan fingerprint density at radius 2 is 2.13 bits per heavy atom. The van der Waals surface area contributed by atoms with Gasteiger partial charge in [-0.25, -0.2) is 0 Å². The van der Waals surface area contributed by atoms with Gasteiger partial charge in [0.15, 0.2) is 0 Å². The Kier molecular flexibility index (Phi) is 2.93. The van der Waals surface area contributed by atoms with E-state index in [4.69, 9.17) is 4.74 Å². The standard InChI is InChI=1S/C12H11N2O/c1-2-15-12-6-4-3-5-11(12)10-7-8-13-14-9-10/h3-8H,2H2,1H3. The van der Waals surface area contributed by atoms with Gasteiger partial charge in [-0.1, -0.05) is 18.2 Å². The molecule has 0 spiro atoms. The third-order valence-electron chi connectivity index (χ3n) is 2.01. The molecule has 0 unspecified atom stereocenters. The molecule has 1 aromatic carbocycles. The Balaban J connectivity index is 2.43. The van der Waals surface area contributed by atoms with Gasteiger partial charge in [-0.3, -0.25) is 0 Å². The van der Waals surface area contributed by atoms with Crippen LogP contribution in [0.2, 0.25) is 0 Å². The first kappa shape index (κ1) is 9.65. The summed E-state index contributed by atoms with van der Waals surface area (Å²) in [6.07, 6.45) is 4.49. The van der Waals surface area contributed by atoms with Crippen molar-refractivity contribution >= 4 is 0 Å². The highest BCUT2D eigenvalue weighted by Gasteiger charge is 2.04. The Bertz CT molecular complexity index is 429. The Labute approximate surface area is 88.7 Å². The zero-order chi connectivity index (χ0) is 10.5. The van der Waals surface area contributed by atoms with Gasteiger partial charge in [0.2, 0.25) is 0 Å². The maximum absolute atomic E-state index is 5.52. The van der Waals surface area contributed by atoms with Crippen molar-refractivity contribution in [1.82, 2.24) is 10.2 Å². The third-order valence-corrected chi connectivity index (χ3v) is 2.01. The van der Waals surface area contributed by atoms with Crippen molar-refractivity contribution in [2.45, 2.75) is 6.92 Å². The van der Waals surface area contributed by atoms with E-state index >= 15 is 0 Å². The van der Waals surface area contributed by atoms with Gasteiger partial charge in [-0.2, -0.15) is 5.10 Å². The molecule has 0 aliphatic rings. The number of hydrogen-bond donors (Lipinski definition) is 0. The maximum atomic E-state index is 5.52. The molecule has 0 saturated heterocycles. The zero-order valence-electron chi connectivity index (χ0n) is 8.47. The van der Waals surface area contributed by atoms with E-state index in [1.807, 2.05) is 37.3 Å². The molecule has 0 N–H and O–H groups in total. The first-order chi connectivity index (χ1) is 7.42. The van der Waals surface area contributed by atoms with Crippen molar-refractivity contribution in [3.63, 3.8) is 0 Å². The number of hydrogen-bond acceptors (Lipinski definition) is 3. The van der Waals surface area contributed by atoms with E-state index < -0.39 is 0 Å². The second-order valence-corrected chi connectivity index (χ2v) is 2.99. The lowest BCUT2D eigenvalue weighted by molar-refractivity contribution is 0.341. The molecule has 0 atom stereocenters. The molecular formula is C12H11N2O. The lowest BCUT2D eigenvalue weighted by Gasteiger charge is -2.08. The minimum absolute atomic E-state index is 0.648. The summed E-state index contributed by atoms with van der Waals surface area (Å²) in [5.74, 6) is 0.851. The summed E-state index contributed by atoms with van der Waals surface area (Å²) in [4.78, 5) is 0. The Morgan fingerprint density at radius 3 is 2.87 bits per heavy atom. The quantitative estimate of drug-likeness (QED) is 0.761. The van der Waals surface area contributed by atoms with Crippen LogP contribution in [0.3, 0.4) is 0 Å². The van der Waals surface area contributed by atoms with Crippen LogP contribution >= 0.6 is 0 Å². The molecule has 3 nitrogen and oxygen atoms in total. The topological polar surface area (TPSA) is 35.0 Å². The van der Waals surface area contributed by atoms with Gasteiger partial charge in [0, 0.05) is 11.1 Å². The summed E-state index contributed by atoms with van der Waals surface area (Å²) in [5.41, 5.74) is 1.89. The van der Waals surface area contributed by atoms with Crippen molar-refractivity contribution < 1.29 is 4.74 Å². The minimum atomic E-state index is 0.648. The van der Waals surface area contributed by atoms with E-state index in [2.05, 4.69) is 16.4 Å². The lowest BCUT2D eigenvalue weighted by atomic mass is 10.1. The van der Waals surface area contributed by atoms with Crippen LogP contribution < -0.4 is 4.74 Å². The van der Waals surface area contributed by atoms with Gasteiger partial charge in [0.05, 0.1) is 12.8 Å². The smallest absolute Gasteiger partial charge is 0.127 e. The summed E-state index contributed by atoms with van der Waals surface area (Å²) < 4.78 is 5.52. The highest BCUT2D eigenvalue weighted by molar-refractivity contribution is 5.68. The van der Waals surface area contributed by atoms with Gasteiger partial charge >= 0.3 is 0 Å². The molecule has 0 bridgehead atoms. The second kappa shape index (κ2) is 4.55. The fraction of sp³-hybridized carbons (Fsp3) is 0.167. The van der Waals surface area contributed by atoms with Gasteiger partial charge in [0.1, 0.15) is 11.9 Å². The van der Waals surface area contributed by atoms with Crippen LogP contribution in [0.1, 0.15) is 6.92 Å². The maximum Gasteiger partial charge on any atom is 0.127 e. The molecular weight excluding hydrogens is 188 g/mol. The first-order valence-electron chi connectivity index (χ1n) is 4.83. The van der Waals surface area contributed by atoms with Crippen LogP contribution in [0.25, 0.3) is 11.1 Å². The van der Waals surface area contributed by atoms with Gasteiger partial charge in [0.25, 0.3) is 0 Å². The predicted octanol–water partition coefficient (Wildman–Crippen LogP) is 2.34. The van der Waals surface area contributed by atoms with Gasteiger partial charge in [-0.15, -0.1) is 5.10 Å². The Hall–Kier alpha value is -1.90. The van der Waals surface area contributed by atoms with E-state index in [1.165, 1.54) is 0 Å². The van der Waals surface area contributed by atoms with Crippen LogP contribution in [0.15, 0.2) is 36.5 Å². The first-order valence-corrected chi connectivity index (χ1v) is 4.83. The van der Waals surface area contributed by atoms with E-state index in [0.29, 0.717) is 6.61 Å². The van der Waals surface area contributed by atoms with Crippen molar-refractivity contribution in [1.29, 1.82) is 0 Å². The summed E-state index contributed by atoms with van der Waals surface area (Å²) >= 11 is 0. The van der Waals surface area contributed by atoms with Crippen molar-refractivity contribution in [2.24, 2.45) is 0 Å². The monoisotopic (exact) mass is 199 g/mol. The number of aromatic nitrogens is 2. The molecule has 0 aliphatic heterocycles. The number of nitrogens with zero attached hydrogens (tertiary/aromatic N) is 2. The average Bonchev–Trinajstić information content (AvgIpc) is 2.31. The van der Waals surface area contributed by atoms with Crippen LogP contribution in [-0.4, -0.2) is 16.8 Å². The fourth-order valence-corrected chi connectivity index (χ4v) is 1.38. The van der Waals surface area contributed by atoms with Crippen molar-refractivity contribution in [2.75, 3.05) is 6.61 Å². The lowest BCUT2D eigenvalue weighted by Crippen LogP contribution is -1.94. The van der Waals surface area contributed by atoms with Crippen LogP contribution in [0.4, 0.5) is 0 Å². The highest BCUT2D eigenvalue weighted by atomic mass is 16.5. The third kappa shape index (κ3) is 2.13. The van der Waals surface area contributed by atoms with Crippen LogP contribution in [-0.2, 0) is 0 Å². The van der Waals surface area contributed by atoms with Crippen molar-refractivity contribution in [3.05, 3.63) is 42.7 Å². The molecule has 1 aromatic heterocycles. The van der Waals surface area contributed by atoms with Crippen LogP contribution in [0, 0.1) is 6.20 Å². The van der Waals surface area contributed by atoms with E-state index in [9.17, 15) is 0 Å². The largest absolute Gasteiger partial charge is 0.493 e. The molecule has 0 fully saturated rings. The molecule has 15 heavy (non-hydrogen) atoms. The minimum Gasteiger partial charge on any atom is -0.493 e. The fourth-order valence-electron chi connectivity index (χ4n) is 1.38. The Morgan fingerprint density at radius 1 is 1.27 bits per heavy atom. The summed E-state index contributed by atoms with van der Waals surface area (Å²) in [6.45, 7) is 2.61. The predicted molar refractivity (Wildman–Crippen MR) is 57.5 cm³/mol. The molecule has 0 aliphatic carbocycles. The molecule has 0 amide bonds. The van der Waals surface area contributed by atoms with Gasteiger partial charge in [-0.05, 0) is 19.1 Å². The van der Waals surface area contributed by atoms with E-state index in [-0.39, 0.29) is 0 Å². The van der Waals surface area contributed by atoms with E-state index in [0.717, 1.165) is 16.9 Å². The normalized spacial score (nSPS) is 9.93. The van der Waals surface area contributed by atoms with Crippen molar-refractivity contribution in [3.8, 4) is 16.9 Å². The summed E-state index contributed by atoms with van der Waals surface area (Å²) in [7, 11) is 0. The van der Waals surface area contributed by atoms with Gasteiger partial charge < -0.3 is 4.74 Å². The number of rotatable bonds is 3. The average molecular weight is 199 g/mol. The SMILES string of the molecule is CCOc1ccccc1-c1[c]nncc1.